The first-order chi connectivity index (χ1) is 7.37. The number of thiocarbonyl (C=S) groups is 1. The Kier molecular flexibility index (Phi) is 4.56. The number of benzene rings is 1. The van der Waals surface area contributed by atoms with Gasteiger partial charge in [0.25, 0.3) is 0 Å². The van der Waals surface area contributed by atoms with E-state index < -0.39 is 0 Å². The van der Waals surface area contributed by atoms with Crippen molar-refractivity contribution in [3.8, 4) is 0 Å². The molecule has 0 spiro atoms. The van der Waals surface area contributed by atoms with Crippen LogP contribution in [0, 0.1) is 0 Å². The third-order valence-corrected chi connectivity index (χ3v) is 2.35. The molecular weight excluding hydrogens is 240 g/mol. The van der Waals surface area contributed by atoms with Crippen LogP contribution in [-0.4, -0.2) is 10.7 Å². The van der Waals surface area contributed by atoms with Crippen LogP contribution in [-0.2, 0) is 6.54 Å². The van der Waals surface area contributed by atoms with E-state index in [0.29, 0.717) is 11.7 Å². The van der Waals surface area contributed by atoms with Crippen LogP contribution in [0.3, 0.4) is 0 Å². The first-order valence-corrected chi connectivity index (χ1v) is 5.96. The minimum absolute atomic E-state index is 0.00984. The highest BCUT2D eigenvalue weighted by Gasteiger charge is 2.10. The summed E-state index contributed by atoms with van der Waals surface area (Å²) in [6.07, 6.45) is 0. The average Bonchev–Trinajstić information content (AvgIpc) is 2.14. The predicted octanol–water partition coefficient (Wildman–Crippen LogP) is 3.10. The standard InChI is InChI=1S/C12H17ClN2S/c1-12(2,3)15-11(16)14-8-9-4-6-10(13)7-5-9/h4-7H,8H2,1-3H3,(H2,14,15,16). The normalized spacial score (nSPS) is 11.0. The first kappa shape index (κ1) is 13.3. The van der Waals surface area contributed by atoms with Crippen LogP contribution in [0.4, 0.5) is 0 Å². The molecule has 0 aliphatic heterocycles. The highest BCUT2D eigenvalue weighted by atomic mass is 35.5. The molecule has 0 radical (unpaired) electrons. The number of rotatable bonds is 2. The van der Waals surface area contributed by atoms with Crippen LogP contribution in [0.25, 0.3) is 0 Å². The molecule has 0 fully saturated rings. The third kappa shape index (κ3) is 5.33. The molecule has 0 saturated heterocycles. The van der Waals surface area contributed by atoms with Gasteiger partial charge in [0.2, 0.25) is 0 Å². The van der Waals surface area contributed by atoms with Gasteiger partial charge in [-0.3, -0.25) is 0 Å². The van der Waals surface area contributed by atoms with E-state index in [1.165, 1.54) is 0 Å². The molecule has 0 aliphatic rings. The van der Waals surface area contributed by atoms with Crippen molar-refractivity contribution in [2.45, 2.75) is 32.9 Å². The van der Waals surface area contributed by atoms with Gasteiger partial charge in [-0.15, -0.1) is 0 Å². The predicted molar refractivity (Wildman–Crippen MR) is 73.8 cm³/mol. The van der Waals surface area contributed by atoms with Gasteiger partial charge in [-0.25, -0.2) is 0 Å². The van der Waals surface area contributed by atoms with Crippen molar-refractivity contribution in [3.63, 3.8) is 0 Å². The molecule has 1 rings (SSSR count). The lowest BCUT2D eigenvalue weighted by molar-refractivity contribution is 0.506. The molecular formula is C12H17ClN2S. The molecule has 0 aromatic heterocycles. The molecule has 0 amide bonds. The minimum atomic E-state index is -0.00984. The lowest BCUT2D eigenvalue weighted by atomic mass is 10.1. The lowest BCUT2D eigenvalue weighted by Crippen LogP contribution is -2.45. The maximum absolute atomic E-state index is 5.80. The summed E-state index contributed by atoms with van der Waals surface area (Å²) in [7, 11) is 0. The SMILES string of the molecule is CC(C)(C)NC(=S)NCc1ccc(Cl)cc1. The summed E-state index contributed by atoms with van der Waals surface area (Å²) in [5.74, 6) is 0. The fourth-order valence-corrected chi connectivity index (χ4v) is 1.67. The first-order valence-electron chi connectivity index (χ1n) is 5.17. The van der Waals surface area contributed by atoms with Gasteiger partial charge in [-0.05, 0) is 50.7 Å². The largest absolute Gasteiger partial charge is 0.359 e. The number of nitrogens with one attached hydrogen (secondary N) is 2. The fourth-order valence-electron chi connectivity index (χ4n) is 1.17. The van der Waals surface area contributed by atoms with E-state index in [1.54, 1.807) is 0 Å². The molecule has 88 valence electrons. The van der Waals surface area contributed by atoms with Gasteiger partial charge in [0.15, 0.2) is 5.11 Å². The highest BCUT2D eigenvalue weighted by Crippen LogP contribution is 2.09. The van der Waals surface area contributed by atoms with Crippen molar-refractivity contribution in [3.05, 3.63) is 34.9 Å². The Hall–Kier alpha value is -0.800. The number of hydrogen-bond acceptors (Lipinski definition) is 1. The second-order valence-corrected chi connectivity index (χ2v) is 5.53. The quantitative estimate of drug-likeness (QED) is 0.796. The van der Waals surface area contributed by atoms with E-state index in [1.807, 2.05) is 24.3 Å². The van der Waals surface area contributed by atoms with Crippen LogP contribution >= 0.6 is 23.8 Å². The van der Waals surface area contributed by atoms with Gasteiger partial charge in [0, 0.05) is 17.1 Å². The van der Waals surface area contributed by atoms with Gasteiger partial charge < -0.3 is 10.6 Å². The van der Waals surface area contributed by atoms with E-state index in [-0.39, 0.29) is 5.54 Å². The Labute approximate surface area is 107 Å². The van der Waals surface area contributed by atoms with E-state index in [2.05, 4.69) is 31.4 Å². The summed E-state index contributed by atoms with van der Waals surface area (Å²) in [6, 6.07) is 7.71. The van der Waals surface area contributed by atoms with Gasteiger partial charge in [-0.2, -0.15) is 0 Å². The van der Waals surface area contributed by atoms with Gasteiger partial charge in [-0.1, -0.05) is 23.7 Å². The molecule has 0 bridgehead atoms. The van der Waals surface area contributed by atoms with Crippen molar-refractivity contribution in [1.82, 2.24) is 10.6 Å². The zero-order chi connectivity index (χ0) is 12.2. The second-order valence-electron chi connectivity index (χ2n) is 4.68. The van der Waals surface area contributed by atoms with Crippen molar-refractivity contribution in [2.75, 3.05) is 0 Å². The van der Waals surface area contributed by atoms with E-state index in [4.69, 9.17) is 23.8 Å². The molecule has 0 saturated carbocycles. The fraction of sp³-hybridized carbons (Fsp3) is 0.417. The maximum atomic E-state index is 5.80. The van der Waals surface area contributed by atoms with Crippen LogP contribution in [0.2, 0.25) is 5.02 Å². The highest BCUT2D eigenvalue weighted by molar-refractivity contribution is 7.80. The third-order valence-electron chi connectivity index (χ3n) is 1.85. The van der Waals surface area contributed by atoms with Crippen LogP contribution in [0.15, 0.2) is 24.3 Å². The van der Waals surface area contributed by atoms with Crippen molar-refractivity contribution < 1.29 is 0 Å². The van der Waals surface area contributed by atoms with Crippen molar-refractivity contribution in [1.29, 1.82) is 0 Å². The van der Waals surface area contributed by atoms with Gasteiger partial charge in [0.05, 0.1) is 0 Å². The second kappa shape index (κ2) is 5.51. The minimum Gasteiger partial charge on any atom is -0.359 e. The van der Waals surface area contributed by atoms with E-state index in [9.17, 15) is 0 Å². The topological polar surface area (TPSA) is 24.1 Å². The van der Waals surface area contributed by atoms with Crippen LogP contribution in [0.5, 0.6) is 0 Å². The molecule has 16 heavy (non-hydrogen) atoms. The summed E-state index contributed by atoms with van der Waals surface area (Å²) in [6.45, 7) is 6.93. The molecule has 0 unspecified atom stereocenters. The zero-order valence-corrected chi connectivity index (χ0v) is 11.4. The summed E-state index contributed by atoms with van der Waals surface area (Å²) in [5.41, 5.74) is 1.15. The molecule has 0 aliphatic carbocycles. The summed E-state index contributed by atoms with van der Waals surface area (Å²) in [4.78, 5) is 0. The molecule has 1 aromatic rings. The molecule has 4 heteroatoms. The van der Waals surface area contributed by atoms with Gasteiger partial charge >= 0.3 is 0 Å². The Morgan fingerprint density at radius 1 is 1.25 bits per heavy atom. The molecule has 0 atom stereocenters. The number of hydrogen-bond donors (Lipinski definition) is 2. The Morgan fingerprint density at radius 3 is 2.31 bits per heavy atom. The van der Waals surface area contributed by atoms with Crippen molar-refractivity contribution in [2.24, 2.45) is 0 Å². The Balaban J connectivity index is 2.40. The maximum Gasteiger partial charge on any atom is 0.166 e. The average molecular weight is 257 g/mol. The Morgan fingerprint density at radius 2 is 1.81 bits per heavy atom. The summed E-state index contributed by atoms with van der Waals surface area (Å²) < 4.78 is 0. The molecule has 2 nitrogen and oxygen atoms in total. The van der Waals surface area contributed by atoms with Crippen molar-refractivity contribution >= 4 is 28.9 Å². The monoisotopic (exact) mass is 256 g/mol. The summed E-state index contributed by atoms with van der Waals surface area (Å²) in [5, 5.41) is 7.77. The number of halogens is 1. The molecule has 1 aromatic carbocycles. The van der Waals surface area contributed by atoms with E-state index >= 15 is 0 Å². The zero-order valence-electron chi connectivity index (χ0n) is 9.80. The van der Waals surface area contributed by atoms with Crippen LogP contribution < -0.4 is 10.6 Å². The smallest absolute Gasteiger partial charge is 0.166 e. The van der Waals surface area contributed by atoms with E-state index in [0.717, 1.165) is 10.6 Å². The Bertz CT molecular complexity index is 354. The summed E-state index contributed by atoms with van der Waals surface area (Å²) >= 11 is 11.0. The van der Waals surface area contributed by atoms with Gasteiger partial charge in [0.1, 0.15) is 0 Å². The van der Waals surface area contributed by atoms with Crippen LogP contribution in [0.1, 0.15) is 26.3 Å². The lowest BCUT2D eigenvalue weighted by Gasteiger charge is -2.23. The molecule has 0 heterocycles. The molecule has 2 N–H and O–H groups in total.